The van der Waals surface area contributed by atoms with Gasteiger partial charge >= 0.3 is 0 Å². The van der Waals surface area contributed by atoms with Crippen LogP contribution in [0.1, 0.15) is 48.0 Å². The van der Waals surface area contributed by atoms with Gasteiger partial charge in [-0.2, -0.15) is 0 Å². The first-order valence-corrected chi connectivity index (χ1v) is 15.5. The molecule has 4 aromatic rings. The summed E-state index contributed by atoms with van der Waals surface area (Å²) in [6, 6.07) is 26.5. The zero-order valence-electron chi connectivity index (χ0n) is 25.7. The smallest absolute Gasteiger partial charge is 0.253 e. The van der Waals surface area contributed by atoms with Crippen LogP contribution >= 0.6 is 0 Å². The first-order valence-electron chi connectivity index (χ1n) is 15.5. The van der Waals surface area contributed by atoms with Crippen molar-refractivity contribution in [3.8, 4) is 5.75 Å². The molecule has 1 amide bonds. The second kappa shape index (κ2) is 15.0. The highest BCUT2D eigenvalue weighted by molar-refractivity contribution is 5.94. The van der Waals surface area contributed by atoms with Crippen LogP contribution in [0.2, 0.25) is 0 Å². The van der Waals surface area contributed by atoms with E-state index in [0.717, 1.165) is 73.7 Å². The van der Waals surface area contributed by atoms with Crippen LogP contribution in [0.5, 0.6) is 5.75 Å². The Bertz CT molecular complexity index is 1450. The maximum Gasteiger partial charge on any atom is 0.253 e. The number of imidazole rings is 1. The number of carbonyl (C=O) groups is 1. The number of aromatic nitrogens is 2. The quantitative estimate of drug-likeness (QED) is 0.186. The van der Waals surface area contributed by atoms with E-state index >= 15 is 0 Å². The van der Waals surface area contributed by atoms with Gasteiger partial charge in [0.05, 0.1) is 24.8 Å². The number of nitrogens with zero attached hydrogens (tertiary/aromatic N) is 4. The Kier molecular flexibility index (Phi) is 10.7. The van der Waals surface area contributed by atoms with E-state index in [-0.39, 0.29) is 11.8 Å². The molecule has 1 aliphatic heterocycles. The SMILES string of the molecule is CCOCCn1c(NC2CCN(CCC(CN(C)C(=O)c3ccccc3)c3cccc(OC)c3)CC2)nc2ccccc21. The van der Waals surface area contributed by atoms with Crippen molar-refractivity contribution in [1.82, 2.24) is 19.4 Å². The topological polar surface area (TPSA) is 71.9 Å². The maximum absolute atomic E-state index is 13.2. The molecule has 1 N–H and O–H groups in total. The van der Waals surface area contributed by atoms with E-state index in [9.17, 15) is 4.79 Å². The van der Waals surface area contributed by atoms with Gasteiger partial charge < -0.3 is 29.2 Å². The maximum atomic E-state index is 13.2. The van der Waals surface area contributed by atoms with E-state index in [2.05, 4.69) is 45.1 Å². The first kappa shape index (κ1) is 30.6. The molecular formula is C35H45N5O3. The average molecular weight is 584 g/mol. The standard InChI is InChI=1S/C35H45N5O3/c1-4-43-24-23-40-33-16-9-8-15-32(33)37-35(40)36-30-18-21-39(22-19-30)20-17-29(28-13-10-14-31(25-28)42-3)26-38(2)34(41)27-11-6-5-7-12-27/h5-16,25,29-30H,4,17-24,26H2,1-3H3,(H,36,37). The number of likely N-dealkylation sites (tertiary alicyclic amines) is 1. The molecule has 0 saturated carbocycles. The number of nitrogens with one attached hydrogen (secondary N) is 1. The van der Waals surface area contributed by atoms with Crippen LogP contribution in [-0.2, 0) is 11.3 Å². The summed E-state index contributed by atoms with van der Waals surface area (Å²) in [5, 5.41) is 3.76. The van der Waals surface area contributed by atoms with Crippen LogP contribution < -0.4 is 10.1 Å². The highest BCUT2D eigenvalue weighted by Gasteiger charge is 2.24. The largest absolute Gasteiger partial charge is 0.497 e. The molecule has 228 valence electrons. The number of anilines is 1. The van der Waals surface area contributed by atoms with E-state index in [1.54, 1.807) is 7.11 Å². The second-order valence-electron chi connectivity index (χ2n) is 11.3. The number of carbonyl (C=O) groups excluding carboxylic acids is 1. The molecule has 1 aliphatic rings. The van der Waals surface area contributed by atoms with Crippen molar-refractivity contribution in [2.45, 2.75) is 44.7 Å². The molecule has 1 atom stereocenters. The van der Waals surface area contributed by atoms with Gasteiger partial charge in [-0.05, 0) is 74.7 Å². The number of piperidine rings is 1. The van der Waals surface area contributed by atoms with Crippen LogP contribution in [0.15, 0.2) is 78.9 Å². The molecule has 5 rings (SSSR count). The van der Waals surface area contributed by atoms with E-state index in [1.165, 1.54) is 5.56 Å². The minimum atomic E-state index is 0.0488. The Labute approximate surface area is 255 Å². The van der Waals surface area contributed by atoms with E-state index < -0.39 is 0 Å². The Morgan fingerprint density at radius 1 is 1.02 bits per heavy atom. The van der Waals surface area contributed by atoms with Gasteiger partial charge in [-0.25, -0.2) is 4.98 Å². The molecule has 3 aromatic carbocycles. The summed E-state index contributed by atoms with van der Waals surface area (Å²) >= 11 is 0. The molecule has 1 aromatic heterocycles. The Balaban J connectivity index is 1.19. The molecule has 0 radical (unpaired) electrons. The van der Waals surface area contributed by atoms with Crippen LogP contribution in [0.25, 0.3) is 11.0 Å². The highest BCUT2D eigenvalue weighted by Crippen LogP contribution is 2.27. The minimum Gasteiger partial charge on any atom is -0.497 e. The highest BCUT2D eigenvalue weighted by atomic mass is 16.5. The molecule has 1 saturated heterocycles. The average Bonchev–Trinajstić information content (AvgIpc) is 3.40. The molecule has 43 heavy (non-hydrogen) atoms. The number of hydrogen-bond donors (Lipinski definition) is 1. The summed E-state index contributed by atoms with van der Waals surface area (Å²) in [5.74, 6) is 2.03. The molecule has 1 unspecified atom stereocenters. The Morgan fingerprint density at radius 3 is 2.56 bits per heavy atom. The van der Waals surface area contributed by atoms with Crippen LogP contribution in [0.3, 0.4) is 0 Å². The zero-order chi connectivity index (χ0) is 30.0. The summed E-state index contributed by atoms with van der Waals surface area (Å²) in [4.78, 5) is 22.5. The van der Waals surface area contributed by atoms with E-state index in [4.69, 9.17) is 14.5 Å². The lowest BCUT2D eigenvalue weighted by Crippen LogP contribution is -2.40. The van der Waals surface area contributed by atoms with Crippen LogP contribution in [0.4, 0.5) is 5.95 Å². The Hall–Kier alpha value is -3.88. The van der Waals surface area contributed by atoms with Gasteiger partial charge in [-0.1, -0.05) is 42.5 Å². The van der Waals surface area contributed by atoms with E-state index in [0.29, 0.717) is 25.8 Å². The molecule has 0 aliphatic carbocycles. The predicted octanol–water partition coefficient (Wildman–Crippen LogP) is 5.90. The lowest BCUT2D eigenvalue weighted by molar-refractivity contribution is 0.0782. The van der Waals surface area contributed by atoms with Crippen molar-refractivity contribution in [2.24, 2.45) is 0 Å². The summed E-state index contributed by atoms with van der Waals surface area (Å²) in [7, 11) is 3.60. The third-order valence-electron chi connectivity index (χ3n) is 8.46. The normalized spacial score (nSPS) is 15.0. The zero-order valence-corrected chi connectivity index (χ0v) is 25.7. The number of rotatable bonds is 14. The fraction of sp³-hybridized carbons (Fsp3) is 0.429. The lowest BCUT2D eigenvalue weighted by atomic mass is 9.93. The van der Waals surface area contributed by atoms with Gasteiger partial charge in [0.1, 0.15) is 5.75 Å². The number of ether oxygens (including phenoxy) is 2. The number of amides is 1. The fourth-order valence-corrected chi connectivity index (χ4v) is 6.01. The summed E-state index contributed by atoms with van der Waals surface area (Å²) in [6.45, 7) is 7.88. The number of fused-ring (bicyclic) bond motifs is 1. The summed E-state index contributed by atoms with van der Waals surface area (Å²) < 4.78 is 13.4. The predicted molar refractivity (Wildman–Crippen MR) is 173 cm³/mol. The third-order valence-corrected chi connectivity index (χ3v) is 8.46. The monoisotopic (exact) mass is 583 g/mol. The number of benzene rings is 3. The molecular weight excluding hydrogens is 538 g/mol. The number of para-hydroxylation sites is 2. The summed E-state index contributed by atoms with van der Waals surface area (Å²) in [6.07, 6.45) is 3.08. The molecule has 2 heterocycles. The van der Waals surface area contributed by atoms with E-state index in [1.807, 2.05) is 67.4 Å². The van der Waals surface area contributed by atoms with Crippen molar-refractivity contribution in [3.05, 3.63) is 90.0 Å². The van der Waals surface area contributed by atoms with Crippen molar-refractivity contribution in [1.29, 1.82) is 0 Å². The lowest BCUT2D eigenvalue weighted by Gasteiger charge is -2.34. The number of likely N-dealkylation sites (N-methyl/N-ethyl adjacent to an activating group) is 1. The van der Waals surface area contributed by atoms with Gasteiger partial charge in [0.2, 0.25) is 5.95 Å². The molecule has 1 fully saturated rings. The van der Waals surface area contributed by atoms with Crippen molar-refractivity contribution >= 4 is 22.9 Å². The molecule has 8 heteroatoms. The van der Waals surface area contributed by atoms with Gasteiger partial charge in [0.15, 0.2) is 0 Å². The van der Waals surface area contributed by atoms with Crippen molar-refractivity contribution in [3.63, 3.8) is 0 Å². The van der Waals surface area contributed by atoms with Gasteiger partial charge in [0.25, 0.3) is 5.91 Å². The minimum absolute atomic E-state index is 0.0488. The molecule has 0 bridgehead atoms. The third kappa shape index (κ3) is 7.94. The second-order valence-corrected chi connectivity index (χ2v) is 11.3. The number of hydrogen-bond acceptors (Lipinski definition) is 6. The fourth-order valence-electron chi connectivity index (χ4n) is 6.01. The van der Waals surface area contributed by atoms with Gasteiger partial charge in [-0.15, -0.1) is 0 Å². The Morgan fingerprint density at radius 2 is 1.79 bits per heavy atom. The molecule has 8 nitrogen and oxygen atoms in total. The molecule has 0 spiro atoms. The van der Waals surface area contributed by atoms with Gasteiger partial charge in [-0.3, -0.25) is 4.79 Å². The van der Waals surface area contributed by atoms with Gasteiger partial charge in [0, 0.05) is 57.4 Å². The first-order chi connectivity index (χ1) is 21.1. The van der Waals surface area contributed by atoms with Crippen LogP contribution in [-0.4, -0.2) is 84.9 Å². The summed E-state index contributed by atoms with van der Waals surface area (Å²) in [5.41, 5.74) is 4.07. The van der Waals surface area contributed by atoms with Crippen LogP contribution in [0, 0.1) is 0 Å². The number of methoxy groups -OCH3 is 1. The van der Waals surface area contributed by atoms with Crippen molar-refractivity contribution in [2.75, 3.05) is 58.9 Å². The van der Waals surface area contributed by atoms with Crippen molar-refractivity contribution < 1.29 is 14.3 Å².